The molecule has 0 radical (unpaired) electrons. The molecule has 3 aromatic rings. The fraction of sp³-hybridized carbons (Fsp3) is 0.462. The predicted molar refractivity (Wildman–Crippen MR) is 123 cm³/mol. The second-order valence-corrected chi connectivity index (χ2v) is 9.63. The predicted octanol–water partition coefficient (Wildman–Crippen LogP) is 4.50. The number of aromatic amines is 1. The van der Waals surface area contributed by atoms with Crippen LogP contribution in [0.15, 0.2) is 53.3 Å². The van der Waals surface area contributed by atoms with Crippen molar-refractivity contribution in [3.8, 4) is 0 Å². The summed E-state index contributed by atoms with van der Waals surface area (Å²) >= 11 is 0. The van der Waals surface area contributed by atoms with E-state index in [0.717, 1.165) is 38.9 Å². The topological polar surface area (TPSA) is 58.1 Å². The van der Waals surface area contributed by atoms with Gasteiger partial charge in [0.05, 0.1) is 11.0 Å². The van der Waals surface area contributed by atoms with Crippen molar-refractivity contribution < 1.29 is 9.18 Å². The minimum atomic E-state index is -0.327. The molecule has 5 rings (SSSR count). The van der Waals surface area contributed by atoms with E-state index in [4.69, 9.17) is 0 Å². The molecule has 0 amide bonds. The molecular formula is C26H30FN3O2. The number of carbonyl (C=O) groups is 1. The molecule has 1 aliphatic heterocycles. The second-order valence-electron chi connectivity index (χ2n) is 9.63. The Hall–Kier alpha value is -2.73. The number of imidazole rings is 1. The molecule has 5 nitrogen and oxygen atoms in total. The number of halogens is 1. The van der Waals surface area contributed by atoms with Crippen molar-refractivity contribution >= 4 is 16.8 Å². The van der Waals surface area contributed by atoms with Crippen molar-refractivity contribution in [3.05, 3.63) is 70.4 Å². The summed E-state index contributed by atoms with van der Waals surface area (Å²) in [6.45, 7) is 4.83. The third-order valence-electron chi connectivity index (χ3n) is 7.15. The van der Waals surface area contributed by atoms with Crippen LogP contribution in [0.5, 0.6) is 0 Å². The van der Waals surface area contributed by atoms with E-state index in [1.165, 1.54) is 17.7 Å². The van der Waals surface area contributed by atoms with E-state index in [1.807, 2.05) is 18.2 Å². The van der Waals surface area contributed by atoms with E-state index in [1.54, 1.807) is 10.6 Å². The number of aromatic nitrogens is 2. The Balaban J connectivity index is 1.13. The van der Waals surface area contributed by atoms with Crippen LogP contribution in [0.25, 0.3) is 11.0 Å². The van der Waals surface area contributed by atoms with Crippen molar-refractivity contribution in [3.63, 3.8) is 0 Å². The number of Topliss-reactive ketones (excluding diaryl/α,β-unsaturated/α-hetero) is 1. The molecule has 1 aliphatic carbocycles. The fourth-order valence-corrected chi connectivity index (χ4v) is 5.44. The number of hydrogen-bond donors (Lipinski definition) is 1. The van der Waals surface area contributed by atoms with E-state index in [2.05, 4.69) is 28.9 Å². The van der Waals surface area contributed by atoms with Gasteiger partial charge in [-0.15, -0.1) is 0 Å². The van der Waals surface area contributed by atoms with Gasteiger partial charge in [0.25, 0.3) is 0 Å². The number of fused-ring (bicyclic) bond motifs is 1. The summed E-state index contributed by atoms with van der Waals surface area (Å²) in [5.41, 5.74) is 2.44. The summed E-state index contributed by atoms with van der Waals surface area (Å²) in [6, 6.07) is 14.9. The molecule has 1 aromatic heterocycles. The van der Waals surface area contributed by atoms with Crippen LogP contribution >= 0.6 is 0 Å². The lowest BCUT2D eigenvalue weighted by atomic mass is 9.97. The van der Waals surface area contributed by atoms with Gasteiger partial charge in [-0.05, 0) is 54.9 Å². The minimum absolute atomic E-state index is 0.0735. The maximum Gasteiger partial charge on any atom is 0.326 e. The average Bonchev–Trinajstić information content (AvgIpc) is 3.52. The number of piperidine rings is 1. The van der Waals surface area contributed by atoms with E-state index in [-0.39, 0.29) is 23.5 Å². The number of rotatable bonds is 7. The third-order valence-corrected chi connectivity index (χ3v) is 7.15. The Morgan fingerprint density at radius 1 is 1.16 bits per heavy atom. The van der Waals surface area contributed by atoms with Crippen LogP contribution in [-0.2, 0) is 4.79 Å². The third kappa shape index (κ3) is 4.29. The lowest BCUT2D eigenvalue weighted by molar-refractivity contribution is -0.121. The average molecular weight is 436 g/mol. The molecular weight excluding hydrogens is 405 g/mol. The normalized spacial score (nSPS) is 22.8. The quantitative estimate of drug-likeness (QED) is 0.594. The Labute approximate surface area is 187 Å². The highest BCUT2D eigenvalue weighted by molar-refractivity contribution is 5.85. The molecule has 2 heterocycles. The van der Waals surface area contributed by atoms with Gasteiger partial charge >= 0.3 is 5.69 Å². The van der Waals surface area contributed by atoms with Crippen LogP contribution in [0.3, 0.4) is 0 Å². The van der Waals surface area contributed by atoms with Gasteiger partial charge in [-0.2, -0.15) is 0 Å². The zero-order chi connectivity index (χ0) is 22.2. The largest absolute Gasteiger partial charge is 0.326 e. The number of hydrogen-bond acceptors (Lipinski definition) is 3. The maximum atomic E-state index is 13.7. The summed E-state index contributed by atoms with van der Waals surface area (Å²) in [7, 11) is 0. The summed E-state index contributed by atoms with van der Waals surface area (Å²) in [4.78, 5) is 30.4. The fourth-order valence-electron chi connectivity index (χ4n) is 5.44. The van der Waals surface area contributed by atoms with Crippen LogP contribution in [0.2, 0.25) is 0 Å². The Kier molecular flexibility index (Phi) is 5.72. The minimum Gasteiger partial charge on any atom is -0.306 e. The van der Waals surface area contributed by atoms with Gasteiger partial charge < -0.3 is 9.88 Å². The van der Waals surface area contributed by atoms with Crippen LogP contribution in [0.4, 0.5) is 4.39 Å². The Morgan fingerprint density at radius 2 is 1.91 bits per heavy atom. The molecule has 1 saturated carbocycles. The van der Waals surface area contributed by atoms with Crippen LogP contribution in [-0.4, -0.2) is 39.9 Å². The summed E-state index contributed by atoms with van der Waals surface area (Å²) in [5.74, 6) is 0.992. The number of ketones is 1. The van der Waals surface area contributed by atoms with E-state index in [9.17, 15) is 14.0 Å². The van der Waals surface area contributed by atoms with Gasteiger partial charge in [0.15, 0.2) is 0 Å². The standard InChI is InChI=1S/C26H30FN3O2/c1-17(13-25(31)22-15-21(22)18-5-3-2-4-6-18)16-29-11-9-20(10-12-29)30-24-14-19(27)7-8-23(24)28-26(30)32/h2-8,14,17,20-22H,9-13,15-16H2,1H3,(H,28,32)/t17-,21?,22?/m1/s1. The molecule has 1 N–H and O–H groups in total. The van der Waals surface area contributed by atoms with Crippen molar-refractivity contribution in [2.45, 2.75) is 44.6 Å². The van der Waals surface area contributed by atoms with E-state index in [0.29, 0.717) is 35.1 Å². The summed E-state index contributed by atoms with van der Waals surface area (Å²) in [6.07, 6.45) is 3.32. The molecule has 168 valence electrons. The number of carbonyl (C=O) groups excluding carboxylic acids is 1. The first-order valence-electron chi connectivity index (χ1n) is 11.7. The number of likely N-dealkylation sites (tertiary alicyclic amines) is 1. The monoisotopic (exact) mass is 435 g/mol. The zero-order valence-corrected chi connectivity index (χ0v) is 18.5. The molecule has 3 atom stereocenters. The van der Waals surface area contributed by atoms with Gasteiger partial charge in [-0.3, -0.25) is 9.36 Å². The first-order valence-corrected chi connectivity index (χ1v) is 11.7. The van der Waals surface area contributed by atoms with Crippen molar-refractivity contribution in [2.75, 3.05) is 19.6 Å². The van der Waals surface area contributed by atoms with Crippen LogP contribution < -0.4 is 5.69 Å². The maximum absolute atomic E-state index is 13.7. The first kappa shape index (κ1) is 21.1. The van der Waals surface area contributed by atoms with Crippen LogP contribution in [0.1, 0.15) is 50.1 Å². The molecule has 2 aromatic carbocycles. The van der Waals surface area contributed by atoms with Gasteiger partial charge in [-0.25, -0.2) is 9.18 Å². The lowest BCUT2D eigenvalue weighted by Crippen LogP contribution is -2.39. The van der Waals surface area contributed by atoms with E-state index < -0.39 is 0 Å². The van der Waals surface area contributed by atoms with Gasteiger partial charge in [0, 0.05) is 38.0 Å². The van der Waals surface area contributed by atoms with E-state index >= 15 is 0 Å². The molecule has 2 aliphatic rings. The number of nitrogens with one attached hydrogen (secondary N) is 1. The molecule has 1 saturated heterocycles. The first-order chi connectivity index (χ1) is 15.5. The Morgan fingerprint density at radius 3 is 2.66 bits per heavy atom. The number of H-pyrrole nitrogens is 1. The lowest BCUT2D eigenvalue weighted by Gasteiger charge is -2.34. The number of benzene rings is 2. The van der Waals surface area contributed by atoms with Crippen molar-refractivity contribution in [1.29, 1.82) is 0 Å². The zero-order valence-electron chi connectivity index (χ0n) is 18.5. The highest BCUT2D eigenvalue weighted by atomic mass is 19.1. The molecule has 6 heteroatoms. The SMILES string of the molecule is C[C@H](CC(=O)C1CC1c1ccccc1)CN1CCC(n2c(=O)[nH]c3ccc(F)cc32)CC1. The number of nitrogens with zero attached hydrogens (tertiary/aromatic N) is 2. The molecule has 2 fully saturated rings. The highest BCUT2D eigenvalue weighted by Gasteiger charge is 2.43. The summed E-state index contributed by atoms with van der Waals surface area (Å²) < 4.78 is 15.4. The van der Waals surface area contributed by atoms with Gasteiger partial charge in [-0.1, -0.05) is 37.3 Å². The molecule has 0 spiro atoms. The smallest absolute Gasteiger partial charge is 0.306 e. The second kappa shape index (κ2) is 8.66. The van der Waals surface area contributed by atoms with Gasteiger partial charge in [0.1, 0.15) is 11.6 Å². The van der Waals surface area contributed by atoms with Gasteiger partial charge in [0.2, 0.25) is 0 Å². The molecule has 2 unspecified atom stereocenters. The van der Waals surface area contributed by atoms with Crippen molar-refractivity contribution in [1.82, 2.24) is 14.5 Å². The Bertz CT molecular complexity index is 1160. The van der Waals surface area contributed by atoms with Crippen LogP contribution in [0, 0.1) is 17.7 Å². The summed E-state index contributed by atoms with van der Waals surface area (Å²) in [5, 5.41) is 0. The molecule has 32 heavy (non-hydrogen) atoms. The highest BCUT2D eigenvalue weighted by Crippen LogP contribution is 2.48. The van der Waals surface area contributed by atoms with Crippen molar-refractivity contribution in [2.24, 2.45) is 11.8 Å². The molecule has 0 bridgehead atoms.